The van der Waals surface area contributed by atoms with Gasteiger partial charge in [0.05, 0.1) is 5.56 Å². The summed E-state index contributed by atoms with van der Waals surface area (Å²) in [4.78, 5) is 27.0. The van der Waals surface area contributed by atoms with E-state index in [-0.39, 0.29) is 29.9 Å². The molecular weight excluding hydrogens is 322 g/mol. The molecular formula is C14H16F2N6O2. The van der Waals surface area contributed by atoms with Crippen molar-refractivity contribution >= 4 is 5.91 Å². The van der Waals surface area contributed by atoms with Gasteiger partial charge >= 0.3 is 0 Å². The summed E-state index contributed by atoms with van der Waals surface area (Å²) in [6, 6.07) is 1.46. The minimum absolute atomic E-state index is 0.0312. The second-order valence-corrected chi connectivity index (χ2v) is 6.35. The minimum Gasteiger partial charge on any atom is -0.345 e. The van der Waals surface area contributed by atoms with Gasteiger partial charge in [-0.15, -0.1) is 10.2 Å². The SMILES string of the molecule is Cc1cc(-c2nn[nH]n2)c(=O)[nH]c1C(=O)NC1(C)CCC(F)(F)C1. The van der Waals surface area contributed by atoms with Crippen LogP contribution in [0.15, 0.2) is 10.9 Å². The van der Waals surface area contributed by atoms with Gasteiger partial charge < -0.3 is 10.3 Å². The Bertz CT molecular complexity index is 832. The Hall–Kier alpha value is -2.65. The second kappa shape index (κ2) is 5.46. The predicted octanol–water partition coefficient (Wildman–Crippen LogP) is 1.17. The van der Waals surface area contributed by atoms with E-state index in [1.807, 2.05) is 0 Å². The number of nitrogens with zero attached hydrogens (tertiary/aromatic N) is 3. The molecule has 2 aromatic heterocycles. The van der Waals surface area contributed by atoms with E-state index in [1.54, 1.807) is 13.8 Å². The van der Waals surface area contributed by atoms with Gasteiger partial charge in [0, 0.05) is 18.4 Å². The maximum Gasteiger partial charge on any atom is 0.268 e. The van der Waals surface area contributed by atoms with Crippen LogP contribution in [0.1, 0.15) is 42.2 Å². The molecule has 0 saturated heterocycles. The van der Waals surface area contributed by atoms with E-state index in [1.165, 1.54) is 6.07 Å². The zero-order chi connectivity index (χ0) is 17.5. The lowest BCUT2D eigenvalue weighted by Gasteiger charge is -2.25. The zero-order valence-corrected chi connectivity index (χ0v) is 13.1. The number of H-pyrrole nitrogens is 2. The number of tetrazole rings is 1. The van der Waals surface area contributed by atoms with Crippen molar-refractivity contribution in [2.75, 3.05) is 0 Å². The first-order valence-electron chi connectivity index (χ1n) is 7.37. The third-order valence-corrected chi connectivity index (χ3v) is 4.16. The number of aryl methyl sites for hydroxylation is 1. The van der Waals surface area contributed by atoms with Crippen LogP contribution in [-0.2, 0) is 0 Å². The smallest absolute Gasteiger partial charge is 0.268 e. The Morgan fingerprint density at radius 1 is 1.38 bits per heavy atom. The molecule has 1 atom stereocenters. The zero-order valence-electron chi connectivity index (χ0n) is 13.1. The highest BCUT2D eigenvalue weighted by Gasteiger charge is 2.47. The summed E-state index contributed by atoms with van der Waals surface area (Å²) >= 11 is 0. The number of carbonyl (C=O) groups is 1. The molecule has 3 rings (SSSR count). The number of halogens is 2. The molecule has 10 heteroatoms. The largest absolute Gasteiger partial charge is 0.345 e. The Morgan fingerprint density at radius 2 is 2.12 bits per heavy atom. The van der Waals surface area contributed by atoms with Crippen molar-refractivity contribution in [1.82, 2.24) is 30.9 Å². The van der Waals surface area contributed by atoms with E-state index in [2.05, 4.69) is 30.9 Å². The second-order valence-electron chi connectivity index (χ2n) is 6.35. The number of pyridine rings is 1. The third-order valence-electron chi connectivity index (χ3n) is 4.16. The average Bonchev–Trinajstić information content (AvgIpc) is 3.09. The van der Waals surface area contributed by atoms with E-state index in [4.69, 9.17) is 0 Å². The van der Waals surface area contributed by atoms with Crippen molar-refractivity contribution in [2.45, 2.75) is 44.6 Å². The van der Waals surface area contributed by atoms with Crippen molar-refractivity contribution in [1.29, 1.82) is 0 Å². The van der Waals surface area contributed by atoms with Gasteiger partial charge in [-0.05, 0) is 37.1 Å². The van der Waals surface area contributed by atoms with Gasteiger partial charge in [0.25, 0.3) is 17.4 Å². The lowest BCUT2D eigenvalue weighted by atomic mass is 9.99. The van der Waals surface area contributed by atoms with Crippen LogP contribution in [-0.4, -0.2) is 43.0 Å². The standard InChI is InChI=1S/C14H16F2N6O2/c1-7-5-8(10-19-21-22-20-10)11(23)17-9(7)12(24)18-13(2)3-4-14(15,16)6-13/h5H,3-4,6H2,1-2H3,(H,17,23)(H,18,24)(H,19,20,21,22). The fraction of sp³-hybridized carbons (Fsp3) is 0.500. The third kappa shape index (κ3) is 3.03. The van der Waals surface area contributed by atoms with E-state index >= 15 is 0 Å². The number of rotatable bonds is 3. The van der Waals surface area contributed by atoms with Gasteiger partial charge in [-0.1, -0.05) is 0 Å². The molecule has 8 nitrogen and oxygen atoms in total. The number of carbonyl (C=O) groups excluding carboxylic acids is 1. The molecule has 0 aliphatic heterocycles. The number of amides is 1. The van der Waals surface area contributed by atoms with E-state index in [0.717, 1.165) is 0 Å². The summed E-state index contributed by atoms with van der Waals surface area (Å²) in [6.45, 7) is 3.20. The van der Waals surface area contributed by atoms with E-state index in [9.17, 15) is 18.4 Å². The Balaban J connectivity index is 1.86. The summed E-state index contributed by atoms with van der Waals surface area (Å²) in [6.07, 6.45) is -0.512. The van der Waals surface area contributed by atoms with Gasteiger partial charge in [-0.25, -0.2) is 8.78 Å². The first-order chi connectivity index (χ1) is 11.2. The molecule has 2 aromatic rings. The van der Waals surface area contributed by atoms with Crippen molar-refractivity contribution in [3.05, 3.63) is 27.7 Å². The van der Waals surface area contributed by atoms with Crippen LogP contribution in [0, 0.1) is 6.92 Å². The lowest BCUT2D eigenvalue weighted by molar-refractivity contribution is 0.00231. The van der Waals surface area contributed by atoms with Gasteiger partial charge in [0.15, 0.2) is 0 Å². The number of hydrogen-bond acceptors (Lipinski definition) is 5. The summed E-state index contributed by atoms with van der Waals surface area (Å²) in [7, 11) is 0. The highest BCUT2D eigenvalue weighted by Crippen LogP contribution is 2.41. The topological polar surface area (TPSA) is 116 Å². The highest BCUT2D eigenvalue weighted by atomic mass is 19.3. The molecule has 1 unspecified atom stereocenters. The van der Waals surface area contributed by atoms with E-state index < -0.39 is 29.3 Å². The number of nitrogens with one attached hydrogen (secondary N) is 3. The summed E-state index contributed by atoms with van der Waals surface area (Å²) in [5, 5.41) is 15.7. The molecule has 128 valence electrons. The van der Waals surface area contributed by atoms with Gasteiger partial charge in [-0.2, -0.15) is 5.21 Å². The van der Waals surface area contributed by atoms with Crippen LogP contribution < -0.4 is 10.9 Å². The highest BCUT2D eigenvalue weighted by molar-refractivity contribution is 5.94. The number of alkyl halides is 2. The van der Waals surface area contributed by atoms with Crippen LogP contribution in [0.4, 0.5) is 8.78 Å². The molecule has 1 fully saturated rings. The number of hydrogen-bond donors (Lipinski definition) is 3. The lowest BCUT2D eigenvalue weighted by Crippen LogP contribution is -2.45. The molecule has 0 aromatic carbocycles. The van der Waals surface area contributed by atoms with Crippen LogP contribution in [0.2, 0.25) is 0 Å². The monoisotopic (exact) mass is 338 g/mol. The van der Waals surface area contributed by atoms with Crippen molar-refractivity contribution in [3.63, 3.8) is 0 Å². The molecule has 0 bridgehead atoms. The number of aromatic nitrogens is 5. The van der Waals surface area contributed by atoms with Crippen molar-refractivity contribution in [2.24, 2.45) is 0 Å². The van der Waals surface area contributed by atoms with Crippen LogP contribution in [0.5, 0.6) is 0 Å². The number of aromatic amines is 2. The maximum atomic E-state index is 13.4. The Labute approximate surface area is 135 Å². The predicted molar refractivity (Wildman–Crippen MR) is 79.6 cm³/mol. The first-order valence-corrected chi connectivity index (χ1v) is 7.37. The Kier molecular flexibility index (Phi) is 3.69. The van der Waals surface area contributed by atoms with Crippen molar-refractivity contribution in [3.8, 4) is 11.4 Å². The van der Waals surface area contributed by atoms with Gasteiger partial charge in [-0.3, -0.25) is 9.59 Å². The molecule has 0 radical (unpaired) electrons. The van der Waals surface area contributed by atoms with Gasteiger partial charge in [0.2, 0.25) is 5.82 Å². The van der Waals surface area contributed by atoms with Crippen LogP contribution in [0.25, 0.3) is 11.4 Å². The van der Waals surface area contributed by atoms with Crippen LogP contribution in [0.3, 0.4) is 0 Å². The fourth-order valence-electron chi connectivity index (χ4n) is 2.96. The summed E-state index contributed by atoms with van der Waals surface area (Å²) in [5.41, 5.74) is -0.898. The molecule has 1 aliphatic rings. The van der Waals surface area contributed by atoms with Crippen molar-refractivity contribution < 1.29 is 13.6 Å². The molecule has 24 heavy (non-hydrogen) atoms. The minimum atomic E-state index is -2.78. The molecule has 1 aliphatic carbocycles. The molecule has 0 spiro atoms. The molecule has 3 N–H and O–H groups in total. The van der Waals surface area contributed by atoms with E-state index in [0.29, 0.717) is 5.56 Å². The summed E-state index contributed by atoms with van der Waals surface area (Å²) in [5.74, 6) is -3.27. The Morgan fingerprint density at radius 3 is 2.71 bits per heavy atom. The maximum absolute atomic E-state index is 13.4. The normalized spacial score (nSPS) is 22.5. The fourth-order valence-corrected chi connectivity index (χ4v) is 2.96. The summed E-state index contributed by atoms with van der Waals surface area (Å²) < 4.78 is 26.8. The van der Waals surface area contributed by atoms with Gasteiger partial charge in [0.1, 0.15) is 5.69 Å². The average molecular weight is 338 g/mol. The first kappa shape index (κ1) is 16.2. The molecule has 2 heterocycles. The molecule has 1 amide bonds. The van der Waals surface area contributed by atoms with Crippen LogP contribution >= 0.6 is 0 Å². The molecule has 1 saturated carbocycles. The quantitative estimate of drug-likeness (QED) is 0.777.